The van der Waals surface area contributed by atoms with Crippen LogP contribution in [0.1, 0.15) is 11.3 Å². The van der Waals surface area contributed by atoms with Crippen LogP contribution in [0, 0.1) is 6.92 Å². The van der Waals surface area contributed by atoms with E-state index in [1.807, 2.05) is 0 Å². The summed E-state index contributed by atoms with van der Waals surface area (Å²) in [4.78, 5) is 7.14. The molecule has 0 atom stereocenters. The molecule has 3 rings (SSSR count). The predicted octanol–water partition coefficient (Wildman–Crippen LogP) is 4.15. The number of imidazole rings is 1. The van der Waals surface area contributed by atoms with Crippen molar-refractivity contribution in [2.75, 3.05) is 0 Å². The summed E-state index contributed by atoms with van der Waals surface area (Å²) in [6.45, 7) is 1.77. The van der Waals surface area contributed by atoms with Gasteiger partial charge in [-0.3, -0.25) is 0 Å². The molecule has 1 N–H and O–H groups in total. The number of aromatic amines is 1. The first kappa shape index (κ1) is 11.8. The lowest BCUT2D eigenvalue weighted by Gasteiger charge is -2.05. The van der Waals surface area contributed by atoms with Gasteiger partial charge in [0.25, 0.3) is 0 Å². The number of fused-ring (bicyclic) bond motifs is 1. The molecule has 1 aromatic carbocycles. The number of nitrogens with zero attached hydrogens (tertiary/aromatic N) is 1. The number of furan rings is 1. The zero-order chi connectivity index (χ0) is 13.6. The molecule has 3 nitrogen and oxygen atoms in total. The summed E-state index contributed by atoms with van der Waals surface area (Å²) in [5.41, 5.74) is 0.887. The molecule has 0 unspecified atom stereocenters. The molecule has 0 bridgehead atoms. The Morgan fingerprint density at radius 1 is 1.21 bits per heavy atom. The fraction of sp³-hybridized carbons (Fsp3) is 0.154. The number of hydrogen-bond acceptors (Lipinski definition) is 2. The third-order valence-corrected chi connectivity index (χ3v) is 2.92. The van der Waals surface area contributed by atoms with Crippen molar-refractivity contribution in [3.05, 3.63) is 41.9 Å². The lowest BCUT2D eigenvalue weighted by Crippen LogP contribution is -2.04. The highest BCUT2D eigenvalue weighted by atomic mass is 19.4. The first-order valence-corrected chi connectivity index (χ1v) is 5.56. The highest BCUT2D eigenvalue weighted by Gasteiger charge is 2.30. The highest BCUT2D eigenvalue weighted by Crippen LogP contribution is 2.32. The van der Waals surface area contributed by atoms with Crippen molar-refractivity contribution < 1.29 is 17.6 Å². The number of benzene rings is 1. The maximum atomic E-state index is 12.6. The van der Waals surface area contributed by atoms with Gasteiger partial charge in [0.1, 0.15) is 11.6 Å². The van der Waals surface area contributed by atoms with Crippen LogP contribution in [0.4, 0.5) is 13.2 Å². The van der Waals surface area contributed by atoms with Crippen LogP contribution in [0.5, 0.6) is 0 Å². The van der Waals surface area contributed by atoms with E-state index in [1.54, 1.807) is 13.0 Å². The number of hydrogen-bond donors (Lipinski definition) is 1. The van der Waals surface area contributed by atoms with Gasteiger partial charge in [0.2, 0.25) is 0 Å². The molecule has 0 spiro atoms. The number of rotatable bonds is 1. The van der Waals surface area contributed by atoms with E-state index >= 15 is 0 Å². The molecule has 0 amide bonds. The average molecular weight is 266 g/mol. The van der Waals surface area contributed by atoms with E-state index in [-0.39, 0.29) is 0 Å². The summed E-state index contributed by atoms with van der Waals surface area (Å²) in [6, 6.07) is 5.15. The molecule has 0 aliphatic carbocycles. The molecule has 0 radical (unpaired) electrons. The Morgan fingerprint density at radius 2 is 2.00 bits per heavy atom. The van der Waals surface area contributed by atoms with Crippen LogP contribution >= 0.6 is 0 Å². The largest absolute Gasteiger partial charge is 0.469 e. The average Bonchev–Trinajstić information content (AvgIpc) is 2.91. The number of alkyl halides is 3. The smallest absolute Gasteiger partial charge is 0.416 e. The van der Waals surface area contributed by atoms with E-state index in [1.165, 1.54) is 12.3 Å². The van der Waals surface area contributed by atoms with Crippen LogP contribution in [0.25, 0.3) is 22.4 Å². The minimum Gasteiger partial charge on any atom is -0.469 e. The molecular weight excluding hydrogens is 257 g/mol. The summed E-state index contributed by atoms with van der Waals surface area (Å²) in [5.74, 6) is 1.16. The van der Waals surface area contributed by atoms with Crippen LogP contribution in [0.2, 0.25) is 0 Å². The van der Waals surface area contributed by atoms with Gasteiger partial charge in [0, 0.05) is 0 Å². The van der Waals surface area contributed by atoms with E-state index in [9.17, 15) is 13.2 Å². The van der Waals surface area contributed by atoms with Crippen LogP contribution in [0.15, 0.2) is 34.9 Å². The molecule has 6 heteroatoms. The molecule has 0 saturated heterocycles. The quantitative estimate of drug-likeness (QED) is 0.718. The molecule has 0 aliphatic rings. The van der Waals surface area contributed by atoms with Crippen molar-refractivity contribution in [3.63, 3.8) is 0 Å². The summed E-state index contributed by atoms with van der Waals surface area (Å²) in [5, 5.41) is 0. The number of aromatic nitrogens is 2. The van der Waals surface area contributed by atoms with Crippen molar-refractivity contribution in [3.8, 4) is 11.4 Å². The van der Waals surface area contributed by atoms with Crippen molar-refractivity contribution in [1.82, 2.24) is 9.97 Å². The minimum atomic E-state index is -4.36. The van der Waals surface area contributed by atoms with Gasteiger partial charge < -0.3 is 9.40 Å². The summed E-state index contributed by atoms with van der Waals surface area (Å²) < 4.78 is 43.0. The standard InChI is InChI=1S/C13H9F3N2O/c1-7-9(4-5-19-7)12-17-10-3-2-8(13(14,15)16)6-11(10)18-12/h2-6H,1H3,(H,17,18). The molecule has 3 aromatic rings. The monoisotopic (exact) mass is 266 g/mol. The van der Waals surface area contributed by atoms with E-state index in [0.29, 0.717) is 22.6 Å². The van der Waals surface area contributed by atoms with E-state index in [4.69, 9.17) is 4.42 Å². The SMILES string of the molecule is Cc1occc1-c1nc2ccc(C(F)(F)F)cc2[nH]1. The Labute approximate surface area is 106 Å². The van der Waals surface area contributed by atoms with E-state index in [0.717, 1.165) is 17.7 Å². The van der Waals surface area contributed by atoms with Crippen LogP contribution < -0.4 is 0 Å². The lowest BCUT2D eigenvalue weighted by atomic mass is 10.2. The van der Waals surface area contributed by atoms with Gasteiger partial charge in [-0.05, 0) is 31.2 Å². The van der Waals surface area contributed by atoms with Gasteiger partial charge in [-0.25, -0.2) is 4.98 Å². The van der Waals surface area contributed by atoms with Gasteiger partial charge in [-0.15, -0.1) is 0 Å². The fourth-order valence-corrected chi connectivity index (χ4v) is 1.94. The zero-order valence-corrected chi connectivity index (χ0v) is 9.88. The van der Waals surface area contributed by atoms with Gasteiger partial charge in [0.05, 0.1) is 28.4 Å². The molecule has 19 heavy (non-hydrogen) atoms. The third-order valence-electron chi connectivity index (χ3n) is 2.92. The second-order valence-electron chi connectivity index (χ2n) is 4.21. The first-order valence-electron chi connectivity index (χ1n) is 5.56. The first-order chi connectivity index (χ1) is 8.95. The third kappa shape index (κ3) is 1.99. The summed E-state index contributed by atoms with van der Waals surface area (Å²) in [7, 11) is 0. The van der Waals surface area contributed by atoms with Crippen LogP contribution in [-0.4, -0.2) is 9.97 Å². The molecule has 2 heterocycles. The van der Waals surface area contributed by atoms with Crippen molar-refractivity contribution in [2.24, 2.45) is 0 Å². The number of halogens is 3. The molecule has 2 aromatic heterocycles. The van der Waals surface area contributed by atoms with Crippen molar-refractivity contribution in [1.29, 1.82) is 0 Å². The number of H-pyrrole nitrogens is 1. The van der Waals surface area contributed by atoms with Gasteiger partial charge in [0.15, 0.2) is 0 Å². The fourth-order valence-electron chi connectivity index (χ4n) is 1.94. The molecule has 98 valence electrons. The van der Waals surface area contributed by atoms with Crippen molar-refractivity contribution >= 4 is 11.0 Å². The van der Waals surface area contributed by atoms with Gasteiger partial charge in [-0.2, -0.15) is 13.2 Å². The number of nitrogens with one attached hydrogen (secondary N) is 1. The highest BCUT2D eigenvalue weighted by molar-refractivity contribution is 5.80. The molecule has 0 aliphatic heterocycles. The predicted molar refractivity (Wildman–Crippen MR) is 63.5 cm³/mol. The lowest BCUT2D eigenvalue weighted by molar-refractivity contribution is -0.137. The van der Waals surface area contributed by atoms with Crippen molar-refractivity contribution in [2.45, 2.75) is 13.1 Å². The Morgan fingerprint density at radius 3 is 2.63 bits per heavy atom. The maximum Gasteiger partial charge on any atom is 0.416 e. The minimum absolute atomic E-state index is 0.352. The van der Waals surface area contributed by atoms with Gasteiger partial charge in [-0.1, -0.05) is 0 Å². The Hall–Kier alpha value is -2.24. The Balaban J connectivity index is 2.14. The molecule has 0 fully saturated rings. The van der Waals surface area contributed by atoms with E-state index in [2.05, 4.69) is 9.97 Å². The second kappa shape index (κ2) is 3.88. The second-order valence-corrected chi connectivity index (χ2v) is 4.21. The Bertz CT molecular complexity index is 740. The van der Waals surface area contributed by atoms with Crippen LogP contribution in [0.3, 0.4) is 0 Å². The summed E-state index contributed by atoms with van der Waals surface area (Å²) in [6.07, 6.45) is -2.84. The van der Waals surface area contributed by atoms with Crippen LogP contribution in [-0.2, 0) is 6.18 Å². The van der Waals surface area contributed by atoms with Gasteiger partial charge >= 0.3 is 6.18 Å². The zero-order valence-electron chi connectivity index (χ0n) is 9.88. The molecular formula is C13H9F3N2O. The maximum absolute atomic E-state index is 12.6. The topological polar surface area (TPSA) is 41.8 Å². The molecule has 0 saturated carbocycles. The Kier molecular flexibility index (Phi) is 2.41. The van der Waals surface area contributed by atoms with E-state index < -0.39 is 11.7 Å². The summed E-state index contributed by atoms with van der Waals surface area (Å²) >= 11 is 0. The number of aryl methyl sites for hydroxylation is 1. The normalized spacial score (nSPS) is 12.2.